The van der Waals surface area contributed by atoms with E-state index in [1.165, 1.54) is 55.5 Å². The first kappa shape index (κ1) is 14.0. The molecule has 1 aromatic carbocycles. The quantitative estimate of drug-likeness (QED) is 0.774. The van der Waals surface area contributed by atoms with Gasteiger partial charge in [0, 0.05) is 24.1 Å². The lowest BCUT2D eigenvalue weighted by Gasteiger charge is -2.22. The minimum absolute atomic E-state index is 0.804. The maximum Gasteiger partial charge on any atom is 0.0187 e. The lowest BCUT2D eigenvalue weighted by atomic mass is 9.96. The van der Waals surface area contributed by atoms with E-state index in [2.05, 4.69) is 36.5 Å². The van der Waals surface area contributed by atoms with Gasteiger partial charge in [0.2, 0.25) is 0 Å². The van der Waals surface area contributed by atoms with Gasteiger partial charge in [0.25, 0.3) is 0 Å². The summed E-state index contributed by atoms with van der Waals surface area (Å²) < 4.78 is 0. The van der Waals surface area contributed by atoms with Gasteiger partial charge >= 0.3 is 0 Å². The Balaban J connectivity index is 1.57. The summed E-state index contributed by atoms with van der Waals surface area (Å²) in [5, 5.41) is 3.70. The average molecular weight is 263 g/mol. The topological polar surface area (TPSA) is 12.0 Å². The molecule has 0 amide bonds. The summed E-state index contributed by atoms with van der Waals surface area (Å²) in [7, 11) is 0. The standard InChI is InChI=1S/C16H25NS/c1-14-7-5-6-8-15(14)13-18-12-11-17-16-9-3-2-4-10-16/h5-8,16-17H,2-4,9-13H2,1H3. The second kappa shape index (κ2) is 7.85. The molecule has 1 N–H and O–H groups in total. The second-order valence-electron chi connectivity index (χ2n) is 5.27. The second-order valence-corrected chi connectivity index (χ2v) is 6.37. The van der Waals surface area contributed by atoms with Crippen molar-refractivity contribution in [2.75, 3.05) is 12.3 Å². The summed E-state index contributed by atoms with van der Waals surface area (Å²) in [5.74, 6) is 2.38. The van der Waals surface area contributed by atoms with Crippen LogP contribution in [0, 0.1) is 6.92 Å². The van der Waals surface area contributed by atoms with Crippen molar-refractivity contribution < 1.29 is 0 Å². The Hall–Kier alpha value is -0.470. The third-order valence-electron chi connectivity index (χ3n) is 3.80. The molecule has 0 aromatic heterocycles. The van der Waals surface area contributed by atoms with Crippen LogP contribution in [0.1, 0.15) is 43.2 Å². The molecule has 0 radical (unpaired) electrons. The van der Waals surface area contributed by atoms with E-state index < -0.39 is 0 Å². The fourth-order valence-electron chi connectivity index (χ4n) is 2.60. The third-order valence-corrected chi connectivity index (χ3v) is 4.81. The van der Waals surface area contributed by atoms with E-state index in [1.807, 2.05) is 11.8 Å². The summed E-state index contributed by atoms with van der Waals surface area (Å²) in [6, 6.07) is 9.52. The number of benzene rings is 1. The molecule has 0 unspecified atom stereocenters. The van der Waals surface area contributed by atoms with Crippen LogP contribution in [-0.4, -0.2) is 18.3 Å². The van der Waals surface area contributed by atoms with Gasteiger partial charge in [0.15, 0.2) is 0 Å². The molecule has 2 rings (SSSR count). The van der Waals surface area contributed by atoms with E-state index in [-0.39, 0.29) is 0 Å². The van der Waals surface area contributed by atoms with Crippen LogP contribution < -0.4 is 5.32 Å². The molecule has 100 valence electrons. The fraction of sp³-hybridized carbons (Fsp3) is 0.625. The van der Waals surface area contributed by atoms with Gasteiger partial charge in [-0.1, -0.05) is 43.5 Å². The summed E-state index contributed by atoms with van der Waals surface area (Å²) in [6.07, 6.45) is 7.08. The third kappa shape index (κ3) is 4.66. The van der Waals surface area contributed by atoms with Crippen LogP contribution in [0.15, 0.2) is 24.3 Å². The fourth-order valence-corrected chi connectivity index (χ4v) is 3.55. The zero-order valence-corrected chi connectivity index (χ0v) is 12.3. The molecule has 1 nitrogen and oxygen atoms in total. The highest BCUT2D eigenvalue weighted by atomic mass is 32.2. The SMILES string of the molecule is Cc1ccccc1CSCCNC1CCCCC1. The predicted molar refractivity (Wildman–Crippen MR) is 82.2 cm³/mol. The first-order valence-corrected chi connectivity index (χ1v) is 8.37. The van der Waals surface area contributed by atoms with Crippen molar-refractivity contribution in [2.24, 2.45) is 0 Å². The van der Waals surface area contributed by atoms with Gasteiger partial charge in [0.05, 0.1) is 0 Å². The normalized spacial score (nSPS) is 16.9. The van der Waals surface area contributed by atoms with Gasteiger partial charge in [-0.3, -0.25) is 0 Å². The average Bonchev–Trinajstić information content (AvgIpc) is 2.42. The largest absolute Gasteiger partial charge is 0.313 e. The summed E-state index contributed by atoms with van der Waals surface area (Å²) in [5.41, 5.74) is 2.91. The predicted octanol–water partition coefficient (Wildman–Crippen LogP) is 4.15. The molecular formula is C16H25NS. The van der Waals surface area contributed by atoms with Crippen LogP contribution in [0.5, 0.6) is 0 Å². The van der Waals surface area contributed by atoms with Gasteiger partial charge in [0.1, 0.15) is 0 Å². The van der Waals surface area contributed by atoms with Crippen molar-refractivity contribution in [2.45, 2.75) is 50.8 Å². The van der Waals surface area contributed by atoms with Gasteiger partial charge in [-0.25, -0.2) is 0 Å². The monoisotopic (exact) mass is 263 g/mol. The van der Waals surface area contributed by atoms with E-state index in [0.717, 1.165) is 11.8 Å². The molecule has 0 spiro atoms. The van der Waals surface area contributed by atoms with Crippen LogP contribution in [0.4, 0.5) is 0 Å². The lowest BCUT2D eigenvalue weighted by molar-refractivity contribution is 0.381. The highest BCUT2D eigenvalue weighted by Crippen LogP contribution is 2.18. The molecule has 1 aromatic rings. The number of aryl methyl sites for hydroxylation is 1. The molecule has 1 saturated carbocycles. The highest BCUT2D eigenvalue weighted by molar-refractivity contribution is 7.98. The van der Waals surface area contributed by atoms with Crippen LogP contribution in [-0.2, 0) is 5.75 Å². The van der Waals surface area contributed by atoms with Crippen molar-refractivity contribution in [3.05, 3.63) is 35.4 Å². The number of rotatable bonds is 6. The van der Waals surface area contributed by atoms with Crippen LogP contribution in [0.25, 0.3) is 0 Å². The van der Waals surface area contributed by atoms with Crippen molar-refractivity contribution in [1.82, 2.24) is 5.32 Å². The first-order chi connectivity index (χ1) is 8.86. The Kier molecular flexibility index (Phi) is 6.09. The van der Waals surface area contributed by atoms with Crippen molar-refractivity contribution >= 4 is 11.8 Å². The molecule has 0 heterocycles. The van der Waals surface area contributed by atoms with E-state index in [9.17, 15) is 0 Å². The number of thioether (sulfide) groups is 1. The van der Waals surface area contributed by atoms with Crippen molar-refractivity contribution in [1.29, 1.82) is 0 Å². The maximum atomic E-state index is 3.70. The molecule has 2 heteroatoms. The molecule has 0 bridgehead atoms. The van der Waals surface area contributed by atoms with Crippen LogP contribution in [0.3, 0.4) is 0 Å². The molecule has 0 saturated heterocycles. The van der Waals surface area contributed by atoms with Crippen LogP contribution >= 0.6 is 11.8 Å². The number of nitrogens with one attached hydrogen (secondary N) is 1. The Labute approximate surface area is 116 Å². The van der Waals surface area contributed by atoms with Gasteiger partial charge in [-0.05, 0) is 30.9 Å². The van der Waals surface area contributed by atoms with E-state index >= 15 is 0 Å². The van der Waals surface area contributed by atoms with Gasteiger partial charge in [-0.15, -0.1) is 0 Å². The number of hydrogen-bond donors (Lipinski definition) is 1. The maximum absolute atomic E-state index is 3.70. The highest BCUT2D eigenvalue weighted by Gasteiger charge is 2.11. The summed E-state index contributed by atoms with van der Waals surface area (Å²) in [6.45, 7) is 3.37. The minimum Gasteiger partial charge on any atom is -0.313 e. The van der Waals surface area contributed by atoms with Crippen molar-refractivity contribution in [3.8, 4) is 0 Å². The zero-order chi connectivity index (χ0) is 12.6. The molecule has 0 atom stereocenters. The number of hydrogen-bond acceptors (Lipinski definition) is 2. The Bertz CT molecular complexity index is 345. The summed E-state index contributed by atoms with van der Waals surface area (Å²) >= 11 is 2.05. The van der Waals surface area contributed by atoms with Gasteiger partial charge < -0.3 is 5.32 Å². The smallest absolute Gasteiger partial charge is 0.0187 e. The molecular weight excluding hydrogens is 238 g/mol. The van der Waals surface area contributed by atoms with Crippen molar-refractivity contribution in [3.63, 3.8) is 0 Å². The van der Waals surface area contributed by atoms with E-state index in [1.54, 1.807) is 0 Å². The Morgan fingerprint density at radius 3 is 2.72 bits per heavy atom. The molecule has 0 aliphatic heterocycles. The molecule has 1 fully saturated rings. The van der Waals surface area contributed by atoms with E-state index in [0.29, 0.717) is 0 Å². The minimum atomic E-state index is 0.804. The molecule has 1 aliphatic carbocycles. The molecule has 18 heavy (non-hydrogen) atoms. The van der Waals surface area contributed by atoms with Gasteiger partial charge in [-0.2, -0.15) is 11.8 Å². The Morgan fingerprint density at radius 1 is 1.17 bits per heavy atom. The molecule has 1 aliphatic rings. The van der Waals surface area contributed by atoms with E-state index in [4.69, 9.17) is 0 Å². The zero-order valence-electron chi connectivity index (χ0n) is 11.5. The first-order valence-electron chi connectivity index (χ1n) is 7.22. The lowest BCUT2D eigenvalue weighted by Crippen LogP contribution is -2.32. The Morgan fingerprint density at radius 2 is 1.94 bits per heavy atom. The summed E-state index contributed by atoms with van der Waals surface area (Å²) in [4.78, 5) is 0. The van der Waals surface area contributed by atoms with Crippen LogP contribution in [0.2, 0.25) is 0 Å².